The van der Waals surface area contributed by atoms with Crippen molar-refractivity contribution in [3.05, 3.63) is 53.6 Å². The van der Waals surface area contributed by atoms with E-state index in [0.717, 1.165) is 11.3 Å². The number of rotatable bonds is 5. The number of carbonyl (C=O) groups excluding carboxylic acids is 2. The first-order valence-electron chi connectivity index (χ1n) is 7.24. The van der Waals surface area contributed by atoms with E-state index in [1.165, 1.54) is 4.90 Å². The van der Waals surface area contributed by atoms with Gasteiger partial charge in [0.2, 0.25) is 0 Å². The van der Waals surface area contributed by atoms with Crippen LogP contribution in [0.3, 0.4) is 0 Å². The SMILES string of the molecule is Cc1ccnc(C[C@@H](C)N(C)C(=O)C(=O)c2cccn2C)c1. The zero-order valence-electron chi connectivity index (χ0n) is 13.4. The van der Waals surface area contributed by atoms with Gasteiger partial charge in [-0.1, -0.05) is 0 Å². The van der Waals surface area contributed by atoms with Gasteiger partial charge in [0.05, 0.1) is 5.69 Å². The van der Waals surface area contributed by atoms with Crippen molar-refractivity contribution >= 4 is 11.7 Å². The average molecular weight is 299 g/mol. The molecule has 2 aromatic rings. The Morgan fingerprint density at radius 3 is 2.68 bits per heavy atom. The first kappa shape index (κ1) is 15.9. The molecule has 0 bridgehead atoms. The highest BCUT2D eigenvalue weighted by atomic mass is 16.2. The summed E-state index contributed by atoms with van der Waals surface area (Å²) in [5.41, 5.74) is 2.45. The molecule has 2 aromatic heterocycles. The third-order valence-electron chi connectivity index (χ3n) is 3.83. The molecule has 0 N–H and O–H groups in total. The molecule has 0 aliphatic rings. The Bertz CT molecular complexity index is 691. The van der Waals surface area contributed by atoms with E-state index in [1.807, 2.05) is 26.0 Å². The lowest BCUT2D eigenvalue weighted by Crippen LogP contribution is -2.41. The lowest BCUT2D eigenvalue weighted by atomic mass is 10.1. The van der Waals surface area contributed by atoms with Crippen LogP contribution in [-0.2, 0) is 18.3 Å². The molecule has 0 aromatic carbocycles. The number of ketones is 1. The minimum Gasteiger partial charge on any atom is -0.348 e. The van der Waals surface area contributed by atoms with E-state index in [9.17, 15) is 9.59 Å². The van der Waals surface area contributed by atoms with Crippen molar-refractivity contribution in [3.8, 4) is 0 Å². The van der Waals surface area contributed by atoms with Crippen LogP contribution in [0.4, 0.5) is 0 Å². The summed E-state index contributed by atoms with van der Waals surface area (Å²) in [7, 11) is 3.41. The standard InChI is InChI=1S/C17H21N3O2/c1-12-7-8-18-14(10-12)11-13(2)20(4)17(22)16(21)15-6-5-9-19(15)3/h5-10,13H,11H2,1-4H3/t13-/m1/s1. The molecule has 0 fully saturated rings. The molecule has 5 nitrogen and oxygen atoms in total. The van der Waals surface area contributed by atoms with E-state index >= 15 is 0 Å². The van der Waals surface area contributed by atoms with E-state index in [2.05, 4.69) is 4.98 Å². The molecular formula is C17H21N3O2. The van der Waals surface area contributed by atoms with Crippen LogP contribution in [0.15, 0.2) is 36.7 Å². The van der Waals surface area contributed by atoms with Gasteiger partial charge in [-0.3, -0.25) is 14.6 Å². The van der Waals surface area contributed by atoms with Crippen molar-refractivity contribution in [2.45, 2.75) is 26.3 Å². The van der Waals surface area contributed by atoms with Crippen LogP contribution in [0.1, 0.15) is 28.7 Å². The van der Waals surface area contributed by atoms with Crippen molar-refractivity contribution in [1.82, 2.24) is 14.5 Å². The van der Waals surface area contributed by atoms with Gasteiger partial charge in [-0.2, -0.15) is 0 Å². The number of likely N-dealkylation sites (N-methyl/N-ethyl adjacent to an activating group) is 1. The predicted octanol–water partition coefficient (Wildman–Crippen LogP) is 2.00. The summed E-state index contributed by atoms with van der Waals surface area (Å²) in [6, 6.07) is 7.23. The lowest BCUT2D eigenvalue weighted by Gasteiger charge is -2.24. The maximum absolute atomic E-state index is 12.3. The number of carbonyl (C=O) groups is 2. The summed E-state index contributed by atoms with van der Waals surface area (Å²) >= 11 is 0. The molecule has 116 valence electrons. The van der Waals surface area contributed by atoms with Crippen molar-refractivity contribution in [2.24, 2.45) is 7.05 Å². The van der Waals surface area contributed by atoms with E-state index < -0.39 is 11.7 Å². The molecule has 22 heavy (non-hydrogen) atoms. The Hall–Kier alpha value is -2.43. The quantitative estimate of drug-likeness (QED) is 0.627. The minimum atomic E-state index is -0.498. The smallest absolute Gasteiger partial charge is 0.296 e. The zero-order chi connectivity index (χ0) is 16.3. The molecule has 0 aliphatic carbocycles. The number of hydrogen-bond acceptors (Lipinski definition) is 3. The minimum absolute atomic E-state index is 0.106. The number of aromatic nitrogens is 2. The van der Waals surface area contributed by atoms with Crippen molar-refractivity contribution in [1.29, 1.82) is 0 Å². The number of Topliss-reactive ketones (excluding diaryl/α,β-unsaturated/α-hetero) is 1. The largest absolute Gasteiger partial charge is 0.348 e. The molecule has 1 atom stereocenters. The fourth-order valence-corrected chi connectivity index (χ4v) is 2.32. The molecule has 0 saturated carbocycles. The highest BCUT2D eigenvalue weighted by molar-refractivity contribution is 6.42. The predicted molar refractivity (Wildman–Crippen MR) is 84.7 cm³/mol. The Morgan fingerprint density at radius 1 is 1.36 bits per heavy atom. The van der Waals surface area contributed by atoms with Gasteiger partial charge in [-0.15, -0.1) is 0 Å². The highest BCUT2D eigenvalue weighted by Crippen LogP contribution is 2.10. The van der Waals surface area contributed by atoms with Gasteiger partial charge < -0.3 is 9.47 Å². The third kappa shape index (κ3) is 3.42. The van der Waals surface area contributed by atoms with Gasteiger partial charge >= 0.3 is 0 Å². The van der Waals surface area contributed by atoms with E-state index in [-0.39, 0.29) is 6.04 Å². The topological polar surface area (TPSA) is 55.2 Å². The van der Waals surface area contributed by atoms with Crippen LogP contribution in [0.2, 0.25) is 0 Å². The molecule has 0 aliphatic heterocycles. The summed E-state index contributed by atoms with van der Waals surface area (Å²) in [4.78, 5) is 30.4. The number of pyridine rings is 1. The fraction of sp³-hybridized carbons (Fsp3) is 0.353. The first-order chi connectivity index (χ1) is 10.4. The second-order valence-corrected chi connectivity index (χ2v) is 5.63. The van der Waals surface area contributed by atoms with Gasteiger partial charge in [-0.25, -0.2) is 0 Å². The average Bonchev–Trinajstić information content (AvgIpc) is 2.91. The van der Waals surface area contributed by atoms with Crippen molar-refractivity contribution in [3.63, 3.8) is 0 Å². The van der Waals surface area contributed by atoms with Crippen molar-refractivity contribution in [2.75, 3.05) is 7.05 Å². The summed E-state index contributed by atoms with van der Waals surface area (Å²) in [5.74, 6) is -0.985. The lowest BCUT2D eigenvalue weighted by molar-refractivity contribution is -0.126. The Labute approximate surface area is 130 Å². The van der Waals surface area contributed by atoms with Crippen LogP contribution in [-0.4, -0.2) is 39.2 Å². The van der Waals surface area contributed by atoms with Crippen molar-refractivity contribution < 1.29 is 9.59 Å². The monoisotopic (exact) mass is 299 g/mol. The maximum Gasteiger partial charge on any atom is 0.296 e. The van der Waals surface area contributed by atoms with Crippen LogP contribution >= 0.6 is 0 Å². The van der Waals surface area contributed by atoms with E-state index in [1.54, 1.807) is 43.2 Å². The molecule has 2 heterocycles. The Kier molecular flexibility index (Phi) is 4.75. The van der Waals surface area contributed by atoms with E-state index in [4.69, 9.17) is 0 Å². The molecule has 2 rings (SSSR count). The molecule has 5 heteroatoms. The van der Waals surface area contributed by atoms with Crippen LogP contribution in [0.5, 0.6) is 0 Å². The molecule has 0 unspecified atom stereocenters. The van der Waals surface area contributed by atoms with Crippen LogP contribution in [0.25, 0.3) is 0 Å². The number of hydrogen-bond donors (Lipinski definition) is 0. The van der Waals surface area contributed by atoms with Crippen LogP contribution < -0.4 is 0 Å². The third-order valence-corrected chi connectivity index (χ3v) is 3.83. The Balaban J connectivity index is 2.07. The highest BCUT2D eigenvalue weighted by Gasteiger charge is 2.25. The van der Waals surface area contributed by atoms with Gasteiger partial charge in [0.1, 0.15) is 0 Å². The summed E-state index contributed by atoms with van der Waals surface area (Å²) in [6.07, 6.45) is 4.12. The second kappa shape index (κ2) is 6.56. The molecule has 1 amide bonds. The Morgan fingerprint density at radius 2 is 2.09 bits per heavy atom. The first-order valence-corrected chi connectivity index (χ1v) is 7.24. The molecular weight excluding hydrogens is 278 g/mol. The summed E-state index contributed by atoms with van der Waals surface area (Å²) in [6.45, 7) is 3.92. The van der Waals surface area contributed by atoms with Gasteiger partial charge in [0.15, 0.2) is 0 Å². The van der Waals surface area contributed by atoms with E-state index in [0.29, 0.717) is 12.1 Å². The van der Waals surface area contributed by atoms with Gasteiger partial charge in [-0.05, 0) is 43.7 Å². The number of amides is 1. The fourth-order valence-electron chi connectivity index (χ4n) is 2.32. The number of nitrogens with zero attached hydrogens (tertiary/aromatic N) is 3. The van der Waals surface area contributed by atoms with Gasteiger partial charge in [0, 0.05) is 44.6 Å². The number of aryl methyl sites for hydroxylation is 2. The summed E-state index contributed by atoms with van der Waals surface area (Å²) < 4.78 is 1.65. The second-order valence-electron chi connectivity index (χ2n) is 5.63. The summed E-state index contributed by atoms with van der Waals surface area (Å²) in [5, 5.41) is 0. The van der Waals surface area contributed by atoms with Crippen LogP contribution in [0, 0.1) is 6.92 Å². The normalized spacial score (nSPS) is 12.0. The molecule has 0 saturated heterocycles. The maximum atomic E-state index is 12.3. The van der Waals surface area contributed by atoms with Gasteiger partial charge in [0.25, 0.3) is 11.7 Å². The molecule has 0 radical (unpaired) electrons. The molecule has 0 spiro atoms. The zero-order valence-corrected chi connectivity index (χ0v) is 13.4.